The van der Waals surface area contributed by atoms with E-state index in [9.17, 15) is 9.18 Å². The minimum atomic E-state index is -0.317. The van der Waals surface area contributed by atoms with Crippen molar-refractivity contribution in [2.45, 2.75) is 13.3 Å². The number of ketones is 1. The zero-order chi connectivity index (χ0) is 13.1. The Morgan fingerprint density at radius 3 is 2.44 bits per heavy atom. The molecule has 1 nitrogen and oxygen atoms in total. The molecule has 0 bridgehead atoms. The van der Waals surface area contributed by atoms with Crippen LogP contribution in [0, 0.1) is 5.82 Å². The highest BCUT2D eigenvalue weighted by Crippen LogP contribution is 2.28. The fourth-order valence-corrected chi connectivity index (χ4v) is 2.03. The summed E-state index contributed by atoms with van der Waals surface area (Å²) in [4.78, 5) is 11.0. The van der Waals surface area contributed by atoms with E-state index in [1.165, 1.54) is 18.2 Å². The lowest BCUT2D eigenvalue weighted by molar-refractivity contribution is -0.116. The molecule has 2 aromatic carbocycles. The van der Waals surface area contributed by atoms with Crippen LogP contribution in [0.3, 0.4) is 0 Å². The maximum Gasteiger partial charge on any atom is 0.134 e. The van der Waals surface area contributed by atoms with Crippen molar-refractivity contribution >= 4 is 17.4 Å². The molecule has 0 aromatic heterocycles. The first-order valence-corrected chi connectivity index (χ1v) is 5.98. The number of carbonyl (C=O) groups excluding carboxylic acids is 1. The van der Waals surface area contributed by atoms with E-state index in [4.69, 9.17) is 11.6 Å². The summed E-state index contributed by atoms with van der Waals surface area (Å²) in [5, 5.41) is 0.510. The van der Waals surface area contributed by atoms with E-state index in [2.05, 4.69) is 0 Å². The largest absolute Gasteiger partial charge is 0.300 e. The Labute approximate surface area is 110 Å². The van der Waals surface area contributed by atoms with Gasteiger partial charge in [0.2, 0.25) is 0 Å². The Morgan fingerprint density at radius 2 is 1.83 bits per heavy atom. The molecule has 0 spiro atoms. The van der Waals surface area contributed by atoms with Gasteiger partial charge >= 0.3 is 0 Å². The predicted octanol–water partition coefficient (Wildman–Crippen LogP) is 4.28. The molecule has 0 aliphatic heterocycles. The van der Waals surface area contributed by atoms with Gasteiger partial charge in [0.25, 0.3) is 0 Å². The third kappa shape index (κ3) is 2.96. The Bertz CT molecular complexity index is 576. The normalized spacial score (nSPS) is 10.4. The first kappa shape index (κ1) is 12.8. The molecule has 0 atom stereocenters. The van der Waals surface area contributed by atoms with Crippen molar-refractivity contribution in [1.82, 2.24) is 0 Å². The molecule has 0 saturated heterocycles. The second-order valence-corrected chi connectivity index (χ2v) is 4.61. The molecule has 0 unspecified atom stereocenters. The lowest BCUT2D eigenvalue weighted by Crippen LogP contribution is -1.95. The van der Waals surface area contributed by atoms with Crippen LogP contribution in [0.25, 0.3) is 11.1 Å². The van der Waals surface area contributed by atoms with Crippen molar-refractivity contribution < 1.29 is 9.18 Å². The number of Topliss-reactive ketones (excluding diaryl/α,β-unsaturated/α-hetero) is 1. The van der Waals surface area contributed by atoms with Gasteiger partial charge in [-0.15, -0.1) is 0 Å². The van der Waals surface area contributed by atoms with Gasteiger partial charge in [-0.25, -0.2) is 4.39 Å². The van der Waals surface area contributed by atoms with E-state index in [0.717, 1.165) is 11.1 Å². The Balaban J connectivity index is 2.34. The Morgan fingerprint density at radius 1 is 1.17 bits per heavy atom. The summed E-state index contributed by atoms with van der Waals surface area (Å²) in [7, 11) is 0. The molecule has 2 rings (SSSR count). The fourth-order valence-electron chi connectivity index (χ4n) is 1.81. The summed E-state index contributed by atoms with van der Waals surface area (Å²) in [5.41, 5.74) is 2.44. The molecule has 92 valence electrons. The van der Waals surface area contributed by atoms with Gasteiger partial charge < -0.3 is 0 Å². The number of carbonyl (C=O) groups is 1. The van der Waals surface area contributed by atoms with Crippen molar-refractivity contribution in [2.75, 3.05) is 0 Å². The van der Waals surface area contributed by atoms with Crippen molar-refractivity contribution in [2.24, 2.45) is 0 Å². The minimum absolute atomic E-state index is 0.117. The van der Waals surface area contributed by atoms with Gasteiger partial charge in [0.15, 0.2) is 0 Å². The van der Waals surface area contributed by atoms with Gasteiger partial charge in [-0.1, -0.05) is 35.9 Å². The van der Waals surface area contributed by atoms with Gasteiger partial charge in [0.1, 0.15) is 11.6 Å². The van der Waals surface area contributed by atoms with Crippen molar-refractivity contribution in [3.05, 3.63) is 58.9 Å². The van der Waals surface area contributed by atoms with Crippen LogP contribution in [0.4, 0.5) is 4.39 Å². The fraction of sp³-hybridized carbons (Fsp3) is 0.133. The van der Waals surface area contributed by atoms with Crippen LogP contribution in [0.2, 0.25) is 5.02 Å². The average molecular weight is 263 g/mol. The third-order valence-electron chi connectivity index (χ3n) is 2.65. The molecule has 0 amide bonds. The summed E-state index contributed by atoms with van der Waals surface area (Å²) < 4.78 is 13.2. The second kappa shape index (κ2) is 5.32. The molecule has 0 aliphatic carbocycles. The Kier molecular flexibility index (Phi) is 3.78. The maximum atomic E-state index is 13.2. The predicted molar refractivity (Wildman–Crippen MR) is 71.2 cm³/mol. The van der Waals surface area contributed by atoms with E-state index in [-0.39, 0.29) is 11.6 Å². The van der Waals surface area contributed by atoms with Crippen molar-refractivity contribution in [1.29, 1.82) is 0 Å². The van der Waals surface area contributed by atoms with Crippen LogP contribution in [-0.2, 0) is 11.2 Å². The highest BCUT2D eigenvalue weighted by atomic mass is 35.5. The first-order chi connectivity index (χ1) is 8.56. The third-order valence-corrected chi connectivity index (χ3v) is 2.98. The van der Waals surface area contributed by atoms with Crippen LogP contribution in [0.5, 0.6) is 0 Å². The number of halogens is 2. The lowest BCUT2D eigenvalue weighted by Gasteiger charge is -2.06. The van der Waals surface area contributed by atoms with Crippen LogP contribution >= 0.6 is 11.6 Å². The van der Waals surface area contributed by atoms with Crippen LogP contribution < -0.4 is 0 Å². The molecule has 18 heavy (non-hydrogen) atoms. The molecule has 2 aromatic rings. The topological polar surface area (TPSA) is 17.1 Å². The SMILES string of the molecule is CC(=O)Cc1ccc(-c2cc(F)ccc2Cl)cc1. The monoisotopic (exact) mass is 262 g/mol. The zero-order valence-electron chi connectivity index (χ0n) is 9.91. The molecule has 0 fully saturated rings. The van der Waals surface area contributed by atoms with Crippen molar-refractivity contribution in [3.8, 4) is 11.1 Å². The van der Waals surface area contributed by atoms with Gasteiger partial charge in [0, 0.05) is 17.0 Å². The molecular weight excluding hydrogens is 251 g/mol. The van der Waals surface area contributed by atoms with Gasteiger partial charge in [-0.2, -0.15) is 0 Å². The van der Waals surface area contributed by atoms with E-state index in [1.807, 2.05) is 24.3 Å². The Hall–Kier alpha value is -1.67. The minimum Gasteiger partial charge on any atom is -0.300 e. The summed E-state index contributed by atoms with van der Waals surface area (Å²) in [5.74, 6) is -0.200. The standard InChI is InChI=1S/C15H12ClFO/c1-10(18)8-11-2-4-12(5-3-11)14-9-13(17)6-7-15(14)16/h2-7,9H,8H2,1H3. The quantitative estimate of drug-likeness (QED) is 0.807. The molecule has 0 radical (unpaired) electrons. The number of hydrogen-bond donors (Lipinski definition) is 0. The average Bonchev–Trinajstić information content (AvgIpc) is 2.33. The maximum absolute atomic E-state index is 13.2. The van der Waals surface area contributed by atoms with E-state index in [0.29, 0.717) is 17.0 Å². The smallest absolute Gasteiger partial charge is 0.134 e. The molecule has 0 N–H and O–H groups in total. The molecule has 0 saturated carbocycles. The lowest BCUT2D eigenvalue weighted by atomic mass is 10.0. The number of benzene rings is 2. The molecule has 0 aliphatic rings. The number of rotatable bonds is 3. The van der Waals surface area contributed by atoms with E-state index >= 15 is 0 Å². The van der Waals surface area contributed by atoms with Gasteiger partial charge in [0.05, 0.1) is 0 Å². The summed E-state index contributed by atoms with van der Waals surface area (Å²) in [6, 6.07) is 11.7. The van der Waals surface area contributed by atoms with E-state index < -0.39 is 0 Å². The molecule has 0 heterocycles. The van der Waals surface area contributed by atoms with Crippen LogP contribution in [0.1, 0.15) is 12.5 Å². The zero-order valence-corrected chi connectivity index (χ0v) is 10.7. The summed E-state index contributed by atoms with van der Waals surface area (Å²) >= 11 is 6.03. The van der Waals surface area contributed by atoms with Crippen molar-refractivity contribution in [3.63, 3.8) is 0 Å². The summed E-state index contributed by atoms with van der Waals surface area (Å²) in [6.45, 7) is 1.55. The number of hydrogen-bond acceptors (Lipinski definition) is 1. The van der Waals surface area contributed by atoms with E-state index in [1.54, 1.807) is 6.92 Å². The van der Waals surface area contributed by atoms with Crippen LogP contribution in [-0.4, -0.2) is 5.78 Å². The van der Waals surface area contributed by atoms with Gasteiger partial charge in [-0.05, 0) is 36.2 Å². The summed E-state index contributed by atoms with van der Waals surface area (Å²) in [6.07, 6.45) is 0.414. The highest BCUT2D eigenvalue weighted by molar-refractivity contribution is 6.33. The van der Waals surface area contributed by atoms with Gasteiger partial charge in [-0.3, -0.25) is 4.79 Å². The molecular formula is C15H12ClFO. The first-order valence-electron chi connectivity index (χ1n) is 5.60. The molecule has 3 heteroatoms. The second-order valence-electron chi connectivity index (χ2n) is 4.20. The highest BCUT2D eigenvalue weighted by Gasteiger charge is 2.05. The van der Waals surface area contributed by atoms with Crippen LogP contribution in [0.15, 0.2) is 42.5 Å².